The Bertz CT molecular complexity index is 545. The molecule has 2 heteroatoms. The molecule has 0 atom stereocenters. The van der Waals surface area contributed by atoms with E-state index in [1.165, 1.54) is 11.6 Å². The first kappa shape index (κ1) is 11.8. The van der Waals surface area contributed by atoms with E-state index in [4.69, 9.17) is 0 Å². The third-order valence-electron chi connectivity index (χ3n) is 2.91. The number of halogens is 2. The molecule has 2 aromatic carbocycles. The van der Waals surface area contributed by atoms with E-state index in [0.717, 1.165) is 17.2 Å². The molecule has 0 aliphatic heterocycles. The molecule has 0 heterocycles. The van der Waals surface area contributed by atoms with Crippen molar-refractivity contribution in [2.24, 2.45) is 0 Å². The number of hydrogen-bond donors (Lipinski definition) is 0. The van der Waals surface area contributed by atoms with Crippen LogP contribution in [0.5, 0.6) is 0 Å². The van der Waals surface area contributed by atoms with Gasteiger partial charge in [0.2, 0.25) is 0 Å². The van der Waals surface area contributed by atoms with Crippen LogP contribution in [0.1, 0.15) is 22.3 Å². The Kier molecular flexibility index (Phi) is 3.23. The summed E-state index contributed by atoms with van der Waals surface area (Å²) >= 11 is 0. The van der Waals surface area contributed by atoms with Crippen LogP contribution in [0.15, 0.2) is 36.4 Å². The van der Waals surface area contributed by atoms with Gasteiger partial charge in [-0.05, 0) is 36.6 Å². The zero-order chi connectivity index (χ0) is 12.4. The molecule has 0 aliphatic rings. The molecule has 0 saturated heterocycles. The highest BCUT2D eigenvalue weighted by Crippen LogP contribution is 2.19. The topological polar surface area (TPSA) is 0 Å². The zero-order valence-electron chi connectivity index (χ0n) is 9.93. The highest BCUT2D eigenvalue weighted by Gasteiger charge is 2.09. The van der Waals surface area contributed by atoms with Crippen molar-refractivity contribution in [3.8, 4) is 0 Å². The van der Waals surface area contributed by atoms with Gasteiger partial charge in [-0.1, -0.05) is 35.9 Å². The minimum Gasteiger partial charge on any atom is -0.204 e. The van der Waals surface area contributed by atoms with Crippen LogP contribution < -0.4 is 0 Å². The summed E-state index contributed by atoms with van der Waals surface area (Å²) in [6.07, 6.45) is 0.426. The first-order chi connectivity index (χ1) is 8.08. The van der Waals surface area contributed by atoms with Crippen molar-refractivity contribution in [2.45, 2.75) is 20.3 Å². The maximum absolute atomic E-state index is 13.5. The summed E-state index contributed by atoms with van der Waals surface area (Å²) < 4.78 is 26.6. The summed E-state index contributed by atoms with van der Waals surface area (Å²) in [4.78, 5) is 0. The van der Waals surface area contributed by atoms with E-state index in [2.05, 4.69) is 0 Å². The lowest BCUT2D eigenvalue weighted by atomic mass is 9.98. The fraction of sp³-hybridized carbons (Fsp3) is 0.200. The maximum Gasteiger partial charge on any atom is 0.162 e. The second kappa shape index (κ2) is 4.66. The smallest absolute Gasteiger partial charge is 0.162 e. The summed E-state index contributed by atoms with van der Waals surface area (Å²) in [7, 11) is 0. The van der Waals surface area contributed by atoms with Crippen molar-refractivity contribution in [2.75, 3.05) is 0 Å². The van der Waals surface area contributed by atoms with Crippen LogP contribution in [-0.4, -0.2) is 0 Å². The predicted molar refractivity (Wildman–Crippen MR) is 65.1 cm³/mol. The Balaban J connectivity index is 2.35. The second-order valence-electron chi connectivity index (χ2n) is 4.32. The minimum absolute atomic E-state index is 0.400. The predicted octanol–water partition coefficient (Wildman–Crippen LogP) is 4.17. The molecule has 0 nitrogen and oxygen atoms in total. The van der Waals surface area contributed by atoms with E-state index < -0.39 is 11.6 Å². The summed E-state index contributed by atoms with van der Waals surface area (Å²) in [6, 6.07) is 10.3. The number of aryl methyl sites for hydroxylation is 2. The van der Waals surface area contributed by atoms with Crippen LogP contribution in [-0.2, 0) is 6.42 Å². The van der Waals surface area contributed by atoms with E-state index in [-0.39, 0.29) is 0 Å². The van der Waals surface area contributed by atoms with Gasteiger partial charge in [-0.15, -0.1) is 0 Å². The van der Waals surface area contributed by atoms with Gasteiger partial charge in [0.05, 0.1) is 0 Å². The standard InChI is InChI=1S/C15H14F2/c1-10-6-7-12(11(2)8-10)9-13-4-3-5-14(16)15(13)17/h3-8H,9H2,1-2H3. The highest BCUT2D eigenvalue weighted by atomic mass is 19.2. The van der Waals surface area contributed by atoms with Crippen LogP contribution in [0, 0.1) is 25.5 Å². The largest absolute Gasteiger partial charge is 0.204 e. The number of hydrogen-bond acceptors (Lipinski definition) is 0. The van der Waals surface area contributed by atoms with Gasteiger partial charge in [0.25, 0.3) is 0 Å². The zero-order valence-corrected chi connectivity index (χ0v) is 9.93. The molecule has 0 saturated carbocycles. The molecule has 0 N–H and O–H groups in total. The quantitative estimate of drug-likeness (QED) is 0.729. The van der Waals surface area contributed by atoms with Crippen molar-refractivity contribution < 1.29 is 8.78 Å². The molecule has 17 heavy (non-hydrogen) atoms. The van der Waals surface area contributed by atoms with Crippen LogP contribution in [0.4, 0.5) is 8.78 Å². The van der Waals surface area contributed by atoms with Gasteiger partial charge in [0.1, 0.15) is 0 Å². The monoisotopic (exact) mass is 232 g/mol. The minimum atomic E-state index is -0.785. The summed E-state index contributed by atoms with van der Waals surface area (Å²) in [6.45, 7) is 4.00. The first-order valence-electron chi connectivity index (χ1n) is 5.57. The van der Waals surface area contributed by atoms with E-state index in [1.807, 2.05) is 32.0 Å². The molecular weight excluding hydrogens is 218 g/mol. The van der Waals surface area contributed by atoms with Gasteiger partial charge in [-0.2, -0.15) is 0 Å². The normalized spacial score (nSPS) is 10.6. The lowest BCUT2D eigenvalue weighted by Crippen LogP contribution is -1.97. The third kappa shape index (κ3) is 2.52. The van der Waals surface area contributed by atoms with Gasteiger partial charge in [0, 0.05) is 6.42 Å². The van der Waals surface area contributed by atoms with Gasteiger partial charge in [-0.3, -0.25) is 0 Å². The van der Waals surface area contributed by atoms with E-state index >= 15 is 0 Å². The molecule has 0 fully saturated rings. The highest BCUT2D eigenvalue weighted by molar-refractivity contribution is 5.35. The van der Waals surface area contributed by atoms with Crippen molar-refractivity contribution in [1.82, 2.24) is 0 Å². The van der Waals surface area contributed by atoms with Gasteiger partial charge < -0.3 is 0 Å². The van der Waals surface area contributed by atoms with Gasteiger partial charge >= 0.3 is 0 Å². The van der Waals surface area contributed by atoms with E-state index in [0.29, 0.717) is 12.0 Å². The lowest BCUT2D eigenvalue weighted by Gasteiger charge is -2.08. The molecule has 0 amide bonds. The van der Waals surface area contributed by atoms with Crippen molar-refractivity contribution >= 4 is 0 Å². The lowest BCUT2D eigenvalue weighted by molar-refractivity contribution is 0.500. The van der Waals surface area contributed by atoms with Crippen LogP contribution >= 0.6 is 0 Å². The Labute approximate surface area is 99.9 Å². The molecule has 0 aliphatic carbocycles. The van der Waals surface area contributed by atoms with Crippen molar-refractivity contribution in [3.63, 3.8) is 0 Å². The van der Waals surface area contributed by atoms with Gasteiger partial charge in [-0.25, -0.2) is 8.78 Å². The molecule has 0 radical (unpaired) electrons. The first-order valence-corrected chi connectivity index (χ1v) is 5.57. The third-order valence-corrected chi connectivity index (χ3v) is 2.91. The van der Waals surface area contributed by atoms with Gasteiger partial charge in [0.15, 0.2) is 11.6 Å². The Morgan fingerprint density at radius 1 is 0.941 bits per heavy atom. The molecule has 0 unspecified atom stereocenters. The Hall–Kier alpha value is -1.70. The van der Waals surface area contributed by atoms with Crippen molar-refractivity contribution in [3.05, 3.63) is 70.3 Å². The number of rotatable bonds is 2. The molecular formula is C15H14F2. The molecule has 0 bridgehead atoms. The Morgan fingerprint density at radius 2 is 1.71 bits per heavy atom. The second-order valence-corrected chi connectivity index (χ2v) is 4.32. The summed E-state index contributed by atoms with van der Waals surface area (Å²) in [5.41, 5.74) is 3.71. The average Bonchev–Trinajstić information content (AvgIpc) is 2.28. The maximum atomic E-state index is 13.5. The van der Waals surface area contributed by atoms with E-state index in [9.17, 15) is 8.78 Å². The molecule has 0 aromatic heterocycles. The van der Waals surface area contributed by atoms with E-state index in [1.54, 1.807) is 6.07 Å². The van der Waals surface area contributed by atoms with Crippen LogP contribution in [0.25, 0.3) is 0 Å². The summed E-state index contributed by atoms with van der Waals surface area (Å²) in [5.74, 6) is -1.53. The Morgan fingerprint density at radius 3 is 2.41 bits per heavy atom. The van der Waals surface area contributed by atoms with Crippen LogP contribution in [0.3, 0.4) is 0 Å². The SMILES string of the molecule is Cc1ccc(Cc2cccc(F)c2F)c(C)c1. The fourth-order valence-corrected chi connectivity index (χ4v) is 1.93. The molecule has 88 valence electrons. The molecule has 2 rings (SSSR count). The van der Waals surface area contributed by atoms with Crippen molar-refractivity contribution in [1.29, 1.82) is 0 Å². The molecule has 0 spiro atoms. The summed E-state index contributed by atoms with van der Waals surface area (Å²) in [5, 5.41) is 0. The fourth-order valence-electron chi connectivity index (χ4n) is 1.93. The van der Waals surface area contributed by atoms with Crippen LogP contribution in [0.2, 0.25) is 0 Å². The molecule has 2 aromatic rings. The number of benzene rings is 2. The average molecular weight is 232 g/mol.